The van der Waals surface area contributed by atoms with E-state index >= 15 is 0 Å². The van der Waals surface area contributed by atoms with Crippen molar-refractivity contribution in [1.29, 1.82) is 5.26 Å². The molecule has 0 aromatic heterocycles. The molecule has 1 saturated carbocycles. The lowest BCUT2D eigenvalue weighted by Crippen LogP contribution is -2.22. The highest BCUT2D eigenvalue weighted by atomic mass is 19.1. The second-order valence-corrected chi connectivity index (χ2v) is 3.80. The number of nitriles is 1. The fourth-order valence-electron chi connectivity index (χ4n) is 1.67. The number of benzene rings is 1. The van der Waals surface area contributed by atoms with Gasteiger partial charge in [-0.15, -0.1) is 0 Å². The van der Waals surface area contributed by atoms with Gasteiger partial charge in [-0.3, -0.25) is 4.79 Å². The third kappa shape index (κ3) is 1.75. The van der Waals surface area contributed by atoms with E-state index in [4.69, 9.17) is 5.26 Å². The van der Waals surface area contributed by atoms with Gasteiger partial charge in [0, 0.05) is 11.5 Å². The van der Waals surface area contributed by atoms with Gasteiger partial charge in [0.25, 0.3) is 0 Å². The van der Waals surface area contributed by atoms with Crippen LogP contribution in [0.25, 0.3) is 0 Å². The molecule has 0 unspecified atom stereocenters. The van der Waals surface area contributed by atoms with Crippen molar-refractivity contribution in [2.24, 2.45) is 5.92 Å². The van der Waals surface area contributed by atoms with Crippen molar-refractivity contribution in [2.75, 3.05) is 0 Å². The number of carbonyl (C=O) groups excluding carboxylic acids is 1. The predicted octanol–water partition coefficient (Wildman–Crippen LogP) is 2.68. The largest absolute Gasteiger partial charge is 0.294 e. The first-order valence-corrected chi connectivity index (χ1v) is 4.96. The topological polar surface area (TPSA) is 40.9 Å². The summed E-state index contributed by atoms with van der Waals surface area (Å²) in [5.74, 6) is -0.537. The maximum Gasteiger partial charge on any atom is 0.166 e. The molecule has 0 spiro atoms. The molecule has 0 amide bonds. The molecule has 0 saturated heterocycles. The van der Waals surface area contributed by atoms with Crippen LogP contribution in [0.15, 0.2) is 18.2 Å². The van der Waals surface area contributed by atoms with Crippen molar-refractivity contribution in [3.8, 4) is 6.07 Å². The summed E-state index contributed by atoms with van der Waals surface area (Å²) in [6.07, 6.45) is 2.88. The number of hydrogen-bond donors (Lipinski definition) is 0. The van der Waals surface area contributed by atoms with E-state index in [1.165, 1.54) is 18.2 Å². The number of nitrogens with zero attached hydrogens (tertiary/aromatic N) is 1. The van der Waals surface area contributed by atoms with Crippen LogP contribution in [0.5, 0.6) is 0 Å². The average molecular weight is 203 g/mol. The van der Waals surface area contributed by atoms with E-state index in [0.717, 1.165) is 19.3 Å². The quantitative estimate of drug-likeness (QED) is 0.693. The maximum absolute atomic E-state index is 13.2. The molecule has 0 atom stereocenters. The fourth-order valence-corrected chi connectivity index (χ4v) is 1.67. The van der Waals surface area contributed by atoms with Crippen LogP contribution in [0.3, 0.4) is 0 Å². The number of halogens is 1. The number of rotatable bonds is 2. The molecular weight excluding hydrogens is 193 g/mol. The van der Waals surface area contributed by atoms with E-state index in [9.17, 15) is 9.18 Å². The molecule has 1 aromatic rings. The smallest absolute Gasteiger partial charge is 0.166 e. The molecule has 2 nitrogen and oxygen atoms in total. The number of hydrogen-bond acceptors (Lipinski definition) is 2. The Labute approximate surface area is 87.3 Å². The Bertz CT molecular complexity index is 443. The van der Waals surface area contributed by atoms with Gasteiger partial charge in [0.2, 0.25) is 0 Å². The minimum atomic E-state index is -0.609. The normalized spacial score (nSPS) is 15.5. The minimum Gasteiger partial charge on any atom is -0.294 e. The highest BCUT2D eigenvalue weighted by Crippen LogP contribution is 2.30. The van der Waals surface area contributed by atoms with Crippen LogP contribution in [0, 0.1) is 23.1 Å². The second-order valence-electron chi connectivity index (χ2n) is 3.80. The predicted molar refractivity (Wildman–Crippen MR) is 52.8 cm³/mol. The molecular formula is C12H10FNO. The SMILES string of the molecule is N#Cc1ccc(C(=O)C2CCC2)cc1F. The van der Waals surface area contributed by atoms with Crippen LogP contribution in [-0.4, -0.2) is 5.78 Å². The van der Waals surface area contributed by atoms with Gasteiger partial charge in [-0.05, 0) is 31.0 Å². The maximum atomic E-state index is 13.2. The van der Waals surface area contributed by atoms with Gasteiger partial charge >= 0.3 is 0 Å². The lowest BCUT2D eigenvalue weighted by atomic mass is 9.80. The van der Waals surface area contributed by atoms with Gasteiger partial charge in [0.05, 0.1) is 5.56 Å². The minimum absolute atomic E-state index is 0.00430. The Balaban J connectivity index is 2.26. The van der Waals surface area contributed by atoms with E-state index in [0.29, 0.717) is 5.56 Å². The number of ketones is 1. The van der Waals surface area contributed by atoms with Crippen LogP contribution in [0.4, 0.5) is 4.39 Å². The standard InChI is InChI=1S/C12H10FNO/c13-11-6-9(4-5-10(11)7-14)12(15)8-2-1-3-8/h4-6,8H,1-3H2. The molecule has 3 heteroatoms. The summed E-state index contributed by atoms with van der Waals surface area (Å²) < 4.78 is 13.2. The summed E-state index contributed by atoms with van der Waals surface area (Å²) in [6, 6.07) is 5.79. The first-order valence-electron chi connectivity index (χ1n) is 4.96. The fraction of sp³-hybridized carbons (Fsp3) is 0.333. The van der Waals surface area contributed by atoms with Crippen LogP contribution >= 0.6 is 0 Å². The highest BCUT2D eigenvalue weighted by molar-refractivity contribution is 5.98. The molecule has 0 bridgehead atoms. The molecule has 0 aliphatic heterocycles. The molecule has 1 fully saturated rings. The van der Waals surface area contributed by atoms with Crippen LogP contribution in [-0.2, 0) is 0 Å². The molecule has 15 heavy (non-hydrogen) atoms. The van der Waals surface area contributed by atoms with Crippen molar-refractivity contribution in [3.63, 3.8) is 0 Å². The Kier molecular flexibility index (Phi) is 2.51. The van der Waals surface area contributed by atoms with Crippen molar-refractivity contribution in [3.05, 3.63) is 35.1 Å². The Morgan fingerprint density at radius 1 is 1.47 bits per heavy atom. The number of carbonyl (C=O) groups is 1. The molecule has 0 N–H and O–H groups in total. The zero-order chi connectivity index (χ0) is 10.8. The monoisotopic (exact) mass is 203 g/mol. The Hall–Kier alpha value is -1.69. The van der Waals surface area contributed by atoms with Gasteiger partial charge in [-0.2, -0.15) is 5.26 Å². The highest BCUT2D eigenvalue weighted by Gasteiger charge is 2.26. The molecule has 76 valence electrons. The van der Waals surface area contributed by atoms with E-state index in [-0.39, 0.29) is 17.3 Å². The molecule has 0 heterocycles. The third-order valence-corrected chi connectivity index (χ3v) is 2.85. The van der Waals surface area contributed by atoms with Gasteiger partial charge in [-0.1, -0.05) is 6.42 Å². The second kappa shape index (κ2) is 3.82. The summed E-state index contributed by atoms with van der Waals surface area (Å²) in [5, 5.41) is 8.54. The lowest BCUT2D eigenvalue weighted by molar-refractivity contribution is 0.0855. The summed E-state index contributed by atoms with van der Waals surface area (Å²) in [5.41, 5.74) is 0.372. The van der Waals surface area contributed by atoms with Crippen molar-refractivity contribution >= 4 is 5.78 Å². The molecule has 1 aliphatic carbocycles. The molecule has 2 rings (SSSR count). The summed E-state index contributed by atoms with van der Waals surface area (Å²) >= 11 is 0. The molecule has 1 aliphatic rings. The van der Waals surface area contributed by atoms with Gasteiger partial charge in [0.15, 0.2) is 5.78 Å². The number of Topliss-reactive ketones (excluding diaryl/α,β-unsaturated/α-hetero) is 1. The van der Waals surface area contributed by atoms with Crippen LogP contribution in [0.1, 0.15) is 35.2 Å². The van der Waals surface area contributed by atoms with E-state index in [1.807, 2.05) is 0 Å². The first kappa shape index (κ1) is 9.85. The van der Waals surface area contributed by atoms with Gasteiger partial charge in [-0.25, -0.2) is 4.39 Å². The van der Waals surface area contributed by atoms with Crippen molar-refractivity contribution < 1.29 is 9.18 Å². The summed E-state index contributed by atoms with van der Waals surface area (Å²) in [7, 11) is 0. The summed E-state index contributed by atoms with van der Waals surface area (Å²) in [4.78, 5) is 11.7. The zero-order valence-electron chi connectivity index (χ0n) is 8.16. The zero-order valence-corrected chi connectivity index (χ0v) is 8.16. The van der Waals surface area contributed by atoms with E-state index in [1.54, 1.807) is 6.07 Å². The first-order chi connectivity index (χ1) is 7.22. The van der Waals surface area contributed by atoms with E-state index < -0.39 is 5.82 Å². The lowest BCUT2D eigenvalue weighted by Gasteiger charge is -2.23. The molecule has 0 radical (unpaired) electrons. The van der Waals surface area contributed by atoms with Gasteiger partial charge in [0.1, 0.15) is 11.9 Å². The summed E-state index contributed by atoms with van der Waals surface area (Å²) in [6.45, 7) is 0. The van der Waals surface area contributed by atoms with E-state index in [2.05, 4.69) is 0 Å². The van der Waals surface area contributed by atoms with Crippen LogP contribution in [0.2, 0.25) is 0 Å². The van der Waals surface area contributed by atoms with Crippen molar-refractivity contribution in [1.82, 2.24) is 0 Å². The van der Waals surface area contributed by atoms with Crippen molar-refractivity contribution in [2.45, 2.75) is 19.3 Å². The van der Waals surface area contributed by atoms with Crippen LogP contribution < -0.4 is 0 Å². The third-order valence-electron chi connectivity index (χ3n) is 2.85. The van der Waals surface area contributed by atoms with Gasteiger partial charge < -0.3 is 0 Å². The molecule has 1 aromatic carbocycles. The Morgan fingerprint density at radius 3 is 2.67 bits per heavy atom. The average Bonchev–Trinajstić information content (AvgIpc) is 2.15. The Morgan fingerprint density at radius 2 is 2.20 bits per heavy atom.